The third kappa shape index (κ3) is 2.40. The molecule has 1 N–H and O–H groups in total. The molecule has 0 amide bonds. The average molecular weight is 258 g/mol. The number of nitrogens with one attached hydrogen (secondary N) is 1. The molecular formula is C10H6Cl2FN3. The first-order valence-corrected chi connectivity index (χ1v) is 5.11. The highest BCUT2D eigenvalue weighted by molar-refractivity contribution is 6.34. The van der Waals surface area contributed by atoms with Crippen LogP contribution in [-0.4, -0.2) is 9.97 Å². The summed E-state index contributed by atoms with van der Waals surface area (Å²) in [5, 5.41) is 3.38. The second-order valence-electron chi connectivity index (χ2n) is 2.94. The van der Waals surface area contributed by atoms with Crippen molar-refractivity contribution in [3.8, 4) is 0 Å². The van der Waals surface area contributed by atoms with Crippen molar-refractivity contribution in [2.45, 2.75) is 0 Å². The molecule has 0 atom stereocenters. The Balaban J connectivity index is 2.34. The Hall–Kier alpha value is -1.39. The Morgan fingerprint density at radius 1 is 1.12 bits per heavy atom. The number of benzene rings is 1. The number of nitrogens with zero attached hydrogens (tertiary/aromatic N) is 2. The van der Waals surface area contributed by atoms with Gasteiger partial charge in [-0.05, 0) is 18.2 Å². The minimum atomic E-state index is -0.396. The second kappa shape index (κ2) is 4.63. The highest BCUT2D eigenvalue weighted by Crippen LogP contribution is 2.27. The molecule has 0 bridgehead atoms. The first-order valence-electron chi connectivity index (χ1n) is 4.35. The molecule has 3 nitrogen and oxygen atoms in total. The second-order valence-corrected chi connectivity index (χ2v) is 3.71. The van der Waals surface area contributed by atoms with Crippen LogP contribution >= 0.6 is 23.2 Å². The van der Waals surface area contributed by atoms with Crippen molar-refractivity contribution in [1.29, 1.82) is 0 Å². The summed E-state index contributed by atoms with van der Waals surface area (Å²) in [5.74, 6) is -0.0661. The van der Waals surface area contributed by atoms with Crippen molar-refractivity contribution in [1.82, 2.24) is 9.97 Å². The summed E-state index contributed by atoms with van der Waals surface area (Å²) in [4.78, 5) is 7.79. The van der Waals surface area contributed by atoms with Gasteiger partial charge in [-0.15, -0.1) is 0 Å². The lowest BCUT2D eigenvalue weighted by Crippen LogP contribution is -1.96. The zero-order chi connectivity index (χ0) is 11.5. The lowest BCUT2D eigenvalue weighted by Gasteiger charge is -2.07. The first kappa shape index (κ1) is 11.1. The molecule has 6 heteroatoms. The molecule has 0 saturated carbocycles. The smallest absolute Gasteiger partial charge is 0.171 e. The molecule has 0 aliphatic heterocycles. The summed E-state index contributed by atoms with van der Waals surface area (Å²) in [6.07, 6.45) is 2.93. The summed E-state index contributed by atoms with van der Waals surface area (Å²) < 4.78 is 13.0. The number of hydrogen-bond donors (Lipinski definition) is 1. The van der Waals surface area contributed by atoms with Crippen molar-refractivity contribution in [2.24, 2.45) is 0 Å². The van der Waals surface area contributed by atoms with Gasteiger partial charge in [0.1, 0.15) is 5.82 Å². The molecule has 2 rings (SSSR count). The Morgan fingerprint density at radius 2 is 1.88 bits per heavy atom. The maximum atomic E-state index is 13.0. The van der Waals surface area contributed by atoms with Crippen LogP contribution in [0.3, 0.4) is 0 Å². The van der Waals surface area contributed by atoms with Gasteiger partial charge in [-0.1, -0.05) is 23.2 Å². The van der Waals surface area contributed by atoms with E-state index in [0.29, 0.717) is 16.5 Å². The fourth-order valence-electron chi connectivity index (χ4n) is 1.13. The van der Waals surface area contributed by atoms with Crippen molar-refractivity contribution >= 4 is 34.7 Å². The van der Waals surface area contributed by atoms with E-state index in [0.717, 1.165) is 0 Å². The Labute approximate surface area is 101 Å². The van der Waals surface area contributed by atoms with Crippen LogP contribution in [0.4, 0.5) is 15.9 Å². The van der Waals surface area contributed by atoms with E-state index in [-0.39, 0.29) is 5.15 Å². The minimum absolute atomic E-state index is 0.197. The molecule has 0 spiro atoms. The van der Waals surface area contributed by atoms with Crippen molar-refractivity contribution in [3.63, 3.8) is 0 Å². The van der Waals surface area contributed by atoms with E-state index in [1.54, 1.807) is 0 Å². The van der Waals surface area contributed by atoms with E-state index in [4.69, 9.17) is 23.2 Å². The van der Waals surface area contributed by atoms with Gasteiger partial charge >= 0.3 is 0 Å². The van der Waals surface area contributed by atoms with Crippen molar-refractivity contribution in [2.75, 3.05) is 5.32 Å². The van der Waals surface area contributed by atoms with Gasteiger partial charge in [-0.2, -0.15) is 0 Å². The number of hydrogen-bond acceptors (Lipinski definition) is 3. The largest absolute Gasteiger partial charge is 0.336 e. The summed E-state index contributed by atoms with van der Waals surface area (Å²) in [6, 6.07) is 3.97. The van der Waals surface area contributed by atoms with E-state index in [9.17, 15) is 4.39 Å². The lowest BCUT2D eigenvalue weighted by molar-refractivity contribution is 0.628. The molecule has 1 aromatic heterocycles. The van der Waals surface area contributed by atoms with Gasteiger partial charge in [0, 0.05) is 12.4 Å². The molecule has 2 aromatic rings. The van der Waals surface area contributed by atoms with Gasteiger partial charge < -0.3 is 5.32 Å². The maximum absolute atomic E-state index is 13.0. The lowest BCUT2D eigenvalue weighted by atomic mass is 10.3. The van der Waals surface area contributed by atoms with Gasteiger partial charge in [-0.25, -0.2) is 14.4 Å². The van der Waals surface area contributed by atoms with Crippen molar-refractivity contribution < 1.29 is 4.39 Å². The topological polar surface area (TPSA) is 37.8 Å². The number of halogens is 3. The predicted molar refractivity (Wildman–Crippen MR) is 61.7 cm³/mol. The molecule has 0 saturated heterocycles. The van der Waals surface area contributed by atoms with Crippen LogP contribution < -0.4 is 5.32 Å². The molecular weight excluding hydrogens is 252 g/mol. The SMILES string of the molecule is Fc1ccc(Cl)c(Nc2nccnc2Cl)c1. The Kier molecular flexibility index (Phi) is 3.22. The number of aromatic nitrogens is 2. The molecule has 0 aliphatic carbocycles. The fraction of sp³-hybridized carbons (Fsp3) is 0. The maximum Gasteiger partial charge on any atom is 0.171 e. The Morgan fingerprint density at radius 3 is 2.62 bits per heavy atom. The third-order valence-corrected chi connectivity index (χ3v) is 2.44. The molecule has 0 aliphatic rings. The zero-order valence-corrected chi connectivity index (χ0v) is 9.43. The van der Waals surface area contributed by atoms with Gasteiger partial charge in [0.15, 0.2) is 11.0 Å². The number of rotatable bonds is 2. The fourth-order valence-corrected chi connectivity index (χ4v) is 1.44. The van der Waals surface area contributed by atoms with E-state index >= 15 is 0 Å². The number of anilines is 2. The highest BCUT2D eigenvalue weighted by Gasteiger charge is 2.06. The summed E-state index contributed by atoms with van der Waals surface area (Å²) >= 11 is 11.7. The molecule has 0 fully saturated rings. The van der Waals surface area contributed by atoms with E-state index in [1.165, 1.54) is 30.6 Å². The van der Waals surface area contributed by atoms with Crippen LogP contribution in [0.25, 0.3) is 0 Å². The molecule has 0 radical (unpaired) electrons. The molecule has 16 heavy (non-hydrogen) atoms. The summed E-state index contributed by atoms with van der Waals surface area (Å²) in [7, 11) is 0. The average Bonchev–Trinajstić information content (AvgIpc) is 2.27. The highest BCUT2D eigenvalue weighted by atomic mass is 35.5. The van der Waals surface area contributed by atoms with E-state index in [2.05, 4.69) is 15.3 Å². The summed E-state index contributed by atoms with van der Waals surface area (Å²) in [6.45, 7) is 0. The standard InChI is InChI=1S/C10H6Cl2FN3/c11-7-2-1-6(13)5-8(7)16-10-9(12)14-3-4-15-10/h1-5H,(H,15,16). The molecule has 1 heterocycles. The van der Waals surface area contributed by atoms with Crippen LogP contribution in [-0.2, 0) is 0 Å². The van der Waals surface area contributed by atoms with Crippen molar-refractivity contribution in [3.05, 3.63) is 46.6 Å². The van der Waals surface area contributed by atoms with Gasteiger partial charge in [0.25, 0.3) is 0 Å². The Bertz CT molecular complexity index is 519. The van der Waals surface area contributed by atoms with Crippen LogP contribution in [0.5, 0.6) is 0 Å². The van der Waals surface area contributed by atoms with Gasteiger partial charge in [0.2, 0.25) is 0 Å². The predicted octanol–water partition coefficient (Wildman–Crippen LogP) is 3.67. The quantitative estimate of drug-likeness (QED) is 0.893. The monoisotopic (exact) mass is 257 g/mol. The summed E-state index contributed by atoms with van der Waals surface area (Å²) in [5.41, 5.74) is 0.393. The normalized spacial score (nSPS) is 10.2. The van der Waals surface area contributed by atoms with Crippen LogP contribution in [0.1, 0.15) is 0 Å². The van der Waals surface area contributed by atoms with Gasteiger partial charge in [0.05, 0.1) is 10.7 Å². The molecule has 82 valence electrons. The van der Waals surface area contributed by atoms with Gasteiger partial charge in [-0.3, -0.25) is 0 Å². The minimum Gasteiger partial charge on any atom is -0.336 e. The molecule has 0 unspecified atom stereocenters. The third-order valence-electron chi connectivity index (χ3n) is 1.84. The first-order chi connectivity index (χ1) is 7.66. The van der Waals surface area contributed by atoms with E-state index < -0.39 is 5.82 Å². The van der Waals surface area contributed by atoms with E-state index in [1.807, 2.05) is 0 Å². The zero-order valence-electron chi connectivity index (χ0n) is 7.92. The van der Waals surface area contributed by atoms with Crippen LogP contribution in [0.15, 0.2) is 30.6 Å². The van der Waals surface area contributed by atoms with Crippen LogP contribution in [0, 0.1) is 5.82 Å². The van der Waals surface area contributed by atoms with Crippen LogP contribution in [0.2, 0.25) is 10.2 Å². The molecule has 1 aromatic carbocycles.